The molecule has 0 radical (unpaired) electrons. The Morgan fingerprint density at radius 3 is 2.67 bits per heavy atom. The molecule has 2 fully saturated rings. The van der Waals surface area contributed by atoms with Gasteiger partial charge in [-0.25, -0.2) is 18.4 Å². The minimum absolute atomic E-state index is 0.0975. The monoisotopic (exact) mass is 355 g/mol. The Balaban J connectivity index is 2.01. The van der Waals surface area contributed by atoms with Gasteiger partial charge >= 0.3 is 0 Å². The number of nitrogens with zero attached hydrogens (tertiary/aromatic N) is 3. The molecular formula is C16H25N3O4S. The number of ether oxygens (including phenoxy) is 2. The molecule has 8 heteroatoms. The first kappa shape index (κ1) is 17.6. The van der Waals surface area contributed by atoms with E-state index in [0.717, 1.165) is 12.4 Å². The van der Waals surface area contributed by atoms with Gasteiger partial charge in [0.25, 0.3) is 0 Å². The van der Waals surface area contributed by atoms with Crippen molar-refractivity contribution < 1.29 is 17.9 Å². The maximum atomic E-state index is 12.9. The summed E-state index contributed by atoms with van der Waals surface area (Å²) in [6, 6.07) is 2.05. The largest absolute Gasteiger partial charge is 0.381 e. The van der Waals surface area contributed by atoms with Crippen LogP contribution in [0.15, 0.2) is 12.4 Å². The SMILES string of the molecule is CCS(=O)(=O)C1(c2cc(N3CCOC[C@H]3C)ncn2)CCOCC1. The molecule has 7 nitrogen and oxygen atoms in total. The van der Waals surface area contributed by atoms with Crippen LogP contribution in [-0.2, 0) is 24.1 Å². The van der Waals surface area contributed by atoms with Crippen LogP contribution in [0.1, 0.15) is 32.4 Å². The summed E-state index contributed by atoms with van der Waals surface area (Å²) in [5, 5.41) is 0. The normalized spacial score (nSPS) is 24.8. The number of anilines is 1. The molecule has 1 aromatic rings. The predicted octanol–water partition coefficient (Wildman–Crippen LogP) is 1.14. The molecule has 2 aliphatic rings. The molecule has 0 aliphatic carbocycles. The number of hydrogen-bond acceptors (Lipinski definition) is 7. The van der Waals surface area contributed by atoms with Crippen molar-refractivity contribution in [2.24, 2.45) is 0 Å². The molecule has 1 aromatic heterocycles. The molecule has 0 spiro atoms. The van der Waals surface area contributed by atoms with E-state index >= 15 is 0 Å². The van der Waals surface area contributed by atoms with Gasteiger partial charge < -0.3 is 14.4 Å². The van der Waals surface area contributed by atoms with Gasteiger partial charge in [-0.2, -0.15) is 0 Å². The lowest BCUT2D eigenvalue weighted by Crippen LogP contribution is -2.45. The average Bonchev–Trinajstić information content (AvgIpc) is 2.62. The highest BCUT2D eigenvalue weighted by atomic mass is 32.2. The van der Waals surface area contributed by atoms with E-state index in [2.05, 4.69) is 21.8 Å². The summed E-state index contributed by atoms with van der Waals surface area (Å²) in [5.74, 6) is 0.869. The lowest BCUT2D eigenvalue weighted by Gasteiger charge is -2.37. The highest BCUT2D eigenvalue weighted by Crippen LogP contribution is 2.40. The van der Waals surface area contributed by atoms with Crippen molar-refractivity contribution >= 4 is 15.7 Å². The smallest absolute Gasteiger partial charge is 0.161 e. The van der Waals surface area contributed by atoms with Crippen LogP contribution in [0, 0.1) is 0 Å². The Morgan fingerprint density at radius 1 is 1.25 bits per heavy atom. The van der Waals surface area contributed by atoms with Crippen molar-refractivity contribution in [3.8, 4) is 0 Å². The summed E-state index contributed by atoms with van der Waals surface area (Å²) in [6.45, 7) is 6.68. The van der Waals surface area contributed by atoms with Crippen LogP contribution in [-0.4, -0.2) is 63.2 Å². The molecule has 0 amide bonds. The summed E-state index contributed by atoms with van der Waals surface area (Å²) >= 11 is 0. The van der Waals surface area contributed by atoms with Crippen molar-refractivity contribution in [3.63, 3.8) is 0 Å². The molecule has 0 N–H and O–H groups in total. The first-order valence-corrected chi connectivity index (χ1v) is 10.1. The quantitative estimate of drug-likeness (QED) is 0.801. The molecule has 2 aliphatic heterocycles. The van der Waals surface area contributed by atoms with E-state index in [1.807, 2.05) is 6.07 Å². The summed E-state index contributed by atoms with van der Waals surface area (Å²) in [5.41, 5.74) is 0.594. The average molecular weight is 355 g/mol. The van der Waals surface area contributed by atoms with Crippen LogP contribution in [0.5, 0.6) is 0 Å². The molecule has 134 valence electrons. The molecule has 3 heterocycles. The first-order chi connectivity index (χ1) is 11.5. The fraction of sp³-hybridized carbons (Fsp3) is 0.750. The van der Waals surface area contributed by atoms with Gasteiger partial charge in [-0.15, -0.1) is 0 Å². The van der Waals surface area contributed by atoms with Gasteiger partial charge in [-0.1, -0.05) is 6.92 Å². The third-order valence-electron chi connectivity index (χ3n) is 5.06. The molecule has 0 saturated carbocycles. The van der Waals surface area contributed by atoms with E-state index < -0.39 is 14.6 Å². The molecule has 24 heavy (non-hydrogen) atoms. The van der Waals surface area contributed by atoms with Gasteiger partial charge in [-0.3, -0.25) is 0 Å². The van der Waals surface area contributed by atoms with E-state index in [1.165, 1.54) is 6.33 Å². The molecule has 3 rings (SSSR count). The Kier molecular flexibility index (Phi) is 5.08. The fourth-order valence-corrected chi connectivity index (χ4v) is 5.30. The topological polar surface area (TPSA) is 81.6 Å². The zero-order chi connectivity index (χ0) is 17.2. The van der Waals surface area contributed by atoms with Crippen LogP contribution < -0.4 is 4.90 Å². The molecule has 2 saturated heterocycles. The van der Waals surface area contributed by atoms with Gasteiger partial charge in [-0.05, 0) is 19.8 Å². The van der Waals surface area contributed by atoms with Gasteiger partial charge in [0.1, 0.15) is 16.9 Å². The number of hydrogen-bond donors (Lipinski definition) is 0. The third kappa shape index (κ3) is 3.02. The minimum Gasteiger partial charge on any atom is -0.381 e. The maximum absolute atomic E-state index is 12.9. The van der Waals surface area contributed by atoms with Crippen LogP contribution in [0.25, 0.3) is 0 Å². The zero-order valence-electron chi connectivity index (χ0n) is 14.3. The highest BCUT2D eigenvalue weighted by Gasteiger charge is 2.47. The Bertz CT molecular complexity index is 674. The zero-order valence-corrected chi connectivity index (χ0v) is 15.1. The van der Waals surface area contributed by atoms with Crippen LogP contribution in [0.2, 0.25) is 0 Å². The van der Waals surface area contributed by atoms with E-state index in [9.17, 15) is 8.42 Å². The van der Waals surface area contributed by atoms with Crippen LogP contribution in [0.4, 0.5) is 5.82 Å². The van der Waals surface area contributed by atoms with E-state index in [-0.39, 0.29) is 11.8 Å². The van der Waals surface area contributed by atoms with Gasteiger partial charge in [0.05, 0.1) is 24.9 Å². The predicted molar refractivity (Wildman–Crippen MR) is 90.9 cm³/mol. The van der Waals surface area contributed by atoms with Crippen molar-refractivity contribution in [2.45, 2.75) is 37.5 Å². The Morgan fingerprint density at radius 2 is 2.00 bits per heavy atom. The number of sulfone groups is 1. The van der Waals surface area contributed by atoms with Gasteiger partial charge in [0.2, 0.25) is 0 Å². The Hall–Kier alpha value is -1.25. The number of rotatable bonds is 4. The third-order valence-corrected chi connectivity index (χ3v) is 7.63. The van der Waals surface area contributed by atoms with Crippen molar-refractivity contribution in [1.82, 2.24) is 9.97 Å². The van der Waals surface area contributed by atoms with Gasteiger partial charge in [0, 0.05) is 31.6 Å². The minimum atomic E-state index is -3.31. The summed E-state index contributed by atoms with van der Waals surface area (Å²) in [4.78, 5) is 10.9. The first-order valence-electron chi connectivity index (χ1n) is 8.47. The van der Waals surface area contributed by atoms with Crippen molar-refractivity contribution in [2.75, 3.05) is 43.6 Å². The van der Waals surface area contributed by atoms with E-state index in [4.69, 9.17) is 9.47 Å². The second kappa shape index (κ2) is 6.93. The van der Waals surface area contributed by atoms with E-state index in [1.54, 1.807) is 6.92 Å². The summed E-state index contributed by atoms with van der Waals surface area (Å²) in [7, 11) is -3.31. The molecule has 0 unspecified atom stereocenters. The van der Waals surface area contributed by atoms with Crippen molar-refractivity contribution in [3.05, 3.63) is 18.1 Å². The molecular weight excluding hydrogens is 330 g/mol. The molecule has 0 bridgehead atoms. The standard InChI is InChI=1S/C16H25N3O4S/c1-3-24(20,21)16(4-7-22-8-5-16)14-10-15(18-12-17-14)19-6-9-23-11-13(19)2/h10,12-13H,3-9,11H2,1-2H3/t13-/m1/s1. The number of aromatic nitrogens is 2. The maximum Gasteiger partial charge on any atom is 0.161 e. The fourth-order valence-electron chi connectivity index (χ4n) is 3.52. The van der Waals surface area contributed by atoms with Crippen LogP contribution >= 0.6 is 0 Å². The second-order valence-electron chi connectivity index (χ2n) is 6.39. The lowest BCUT2D eigenvalue weighted by atomic mass is 9.94. The highest BCUT2D eigenvalue weighted by molar-refractivity contribution is 7.92. The lowest BCUT2D eigenvalue weighted by molar-refractivity contribution is 0.0729. The second-order valence-corrected chi connectivity index (χ2v) is 8.98. The van der Waals surface area contributed by atoms with Crippen LogP contribution in [0.3, 0.4) is 0 Å². The number of morpholine rings is 1. The summed E-state index contributed by atoms with van der Waals surface area (Å²) < 4.78 is 35.7. The van der Waals surface area contributed by atoms with Crippen molar-refractivity contribution in [1.29, 1.82) is 0 Å². The van der Waals surface area contributed by atoms with E-state index in [0.29, 0.717) is 45.0 Å². The molecule has 1 atom stereocenters. The van der Waals surface area contributed by atoms with Gasteiger partial charge in [0.15, 0.2) is 9.84 Å². The summed E-state index contributed by atoms with van der Waals surface area (Å²) in [6.07, 6.45) is 2.37. The Labute approximate surface area is 143 Å². The molecule has 0 aromatic carbocycles.